The lowest BCUT2D eigenvalue weighted by Crippen LogP contribution is -2.31. The smallest absolute Gasteiger partial charge is 0.216 e. The van der Waals surface area contributed by atoms with Crippen LogP contribution in [-0.4, -0.2) is 25.5 Å². The van der Waals surface area contributed by atoms with Gasteiger partial charge in [0.05, 0.1) is 0 Å². The number of carbonyl (C=O) groups excluding carboxylic acids is 1. The minimum Gasteiger partial charge on any atom is -0.385 e. The summed E-state index contributed by atoms with van der Waals surface area (Å²) >= 11 is 0. The SMILES string of the molecule is CC(=O)NCCCNC1CCNc2ccc(CC(C)(C)C)cc21. The normalized spacial score (nSPS) is 17.3. The van der Waals surface area contributed by atoms with Crippen molar-refractivity contribution < 1.29 is 4.79 Å². The maximum atomic E-state index is 10.9. The van der Waals surface area contributed by atoms with Gasteiger partial charge in [-0.1, -0.05) is 32.9 Å². The van der Waals surface area contributed by atoms with Gasteiger partial charge in [0.15, 0.2) is 0 Å². The quantitative estimate of drug-likeness (QED) is 0.706. The number of nitrogens with one attached hydrogen (secondary N) is 3. The molecule has 1 aliphatic rings. The summed E-state index contributed by atoms with van der Waals surface area (Å²) in [7, 11) is 0. The van der Waals surface area contributed by atoms with Crippen LogP contribution in [0.25, 0.3) is 0 Å². The van der Waals surface area contributed by atoms with Crippen molar-refractivity contribution in [3.05, 3.63) is 29.3 Å². The Bertz CT molecular complexity index is 534. The van der Waals surface area contributed by atoms with Crippen LogP contribution in [-0.2, 0) is 11.2 Å². The number of hydrogen-bond acceptors (Lipinski definition) is 3. The van der Waals surface area contributed by atoms with Gasteiger partial charge >= 0.3 is 0 Å². The molecule has 0 fully saturated rings. The number of anilines is 1. The molecule has 0 spiro atoms. The van der Waals surface area contributed by atoms with Crippen molar-refractivity contribution >= 4 is 11.6 Å². The lowest BCUT2D eigenvalue weighted by Gasteiger charge is -2.29. The zero-order valence-corrected chi connectivity index (χ0v) is 15.0. The van der Waals surface area contributed by atoms with Gasteiger partial charge in [0.25, 0.3) is 0 Å². The Kier molecular flexibility index (Phi) is 6.05. The molecule has 0 saturated heterocycles. The molecule has 1 atom stereocenters. The minimum atomic E-state index is 0.0454. The predicted octanol–water partition coefficient (Wildman–Crippen LogP) is 3.25. The van der Waals surface area contributed by atoms with E-state index < -0.39 is 0 Å². The molecule has 23 heavy (non-hydrogen) atoms. The first-order valence-electron chi connectivity index (χ1n) is 8.70. The van der Waals surface area contributed by atoms with Gasteiger partial charge in [0, 0.05) is 31.7 Å². The number of carbonyl (C=O) groups is 1. The first-order chi connectivity index (χ1) is 10.8. The van der Waals surface area contributed by atoms with Crippen LogP contribution in [0.5, 0.6) is 0 Å². The fourth-order valence-electron chi connectivity index (χ4n) is 3.13. The third kappa shape index (κ3) is 5.87. The summed E-state index contributed by atoms with van der Waals surface area (Å²) in [5, 5.41) is 10.00. The van der Waals surface area contributed by atoms with E-state index in [4.69, 9.17) is 0 Å². The van der Waals surface area contributed by atoms with Crippen molar-refractivity contribution in [1.82, 2.24) is 10.6 Å². The Hall–Kier alpha value is -1.55. The molecule has 1 aromatic rings. The van der Waals surface area contributed by atoms with Crippen LogP contribution in [0.4, 0.5) is 5.69 Å². The maximum Gasteiger partial charge on any atom is 0.216 e. The molecule has 0 saturated carbocycles. The Labute approximate surface area is 140 Å². The van der Waals surface area contributed by atoms with Crippen molar-refractivity contribution in [3.8, 4) is 0 Å². The first kappa shape index (κ1) is 17.8. The molecule has 128 valence electrons. The highest BCUT2D eigenvalue weighted by atomic mass is 16.1. The second kappa shape index (κ2) is 7.82. The molecule has 1 amide bonds. The molecule has 4 nitrogen and oxygen atoms in total. The summed E-state index contributed by atoms with van der Waals surface area (Å²) < 4.78 is 0. The molecule has 0 bridgehead atoms. The average molecular weight is 317 g/mol. The largest absolute Gasteiger partial charge is 0.385 e. The van der Waals surface area contributed by atoms with Crippen LogP contribution >= 0.6 is 0 Å². The van der Waals surface area contributed by atoms with Crippen molar-refractivity contribution in [2.45, 2.75) is 53.0 Å². The number of rotatable bonds is 6. The minimum absolute atomic E-state index is 0.0454. The molecule has 1 aliphatic heterocycles. The van der Waals surface area contributed by atoms with Crippen LogP contribution in [0.15, 0.2) is 18.2 Å². The van der Waals surface area contributed by atoms with E-state index >= 15 is 0 Å². The van der Waals surface area contributed by atoms with Gasteiger partial charge in [0.1, 0.15) is 0 Å². The van der Waals surface area contributed by atoms with Crippen molar-refractivity contribution in [3.63, 3.8) is 0 Å². The zero-order valence-electron chi connectivity index (χ0n) is 15.0. The van der Waals surface area contributed by atoms with Crippen LogP contribution in [0.1, 0.15) is 57.7 Å². The molecular formula is C19H31N3O. The van der Waals surface area contributed by atoms with Gasteiger partial charge in [-0.15, -0.1) is 0 Å². The Balaban J connectivity index is 1.96. The zero-order chi connectivity index (χ0) is 16.9. The van der Waals surface area contributed by atoms with Crippen molar-refractivity contribution in [2.24, 2.45) is 5.41 Å². The van der Waals surface area contributed by atoms with Crippen molar-refractivity contribution in [2.75, 3.05) is 25.0 Å². The Morgan fingerprint density at radius 3 is 2.78 bits per heavy atom. The lowest BCUT2D eigenvalue weighted by molar-refractivity contribution is -0.118. The fraction of sp³-hybridized carbons (Fsp3) is 0.632. The molecular weight excluding hydrogens is 286 g/mol. The molecule has 1 unspecified atom stereocenters. The number of hydrogen-bond donors (Lipinski definition) is 3. The molecule has 0 aromatic heterocycles. The second-order valence-electron chi connectivity index (χ2n) is 7.72. The van der Waals surface area contributed by atoms with Gasteiger partial charge in [-0.05, 0) is 48.4 Å². The first-order valence-corrected chi connectivity index (χ1v) is 8.70. The summed E-state index contributed by atoms with van der Waals surface area (Å²) in [5.41, 5.74) is 4.35. The van der Waals surface area contributed by atoms with E-state index in [1.165, 1.54) is 16.8 Å². The van der Waals surface area contributed by atoms with Crippen LogP contribution in [0.3, 0.4) is 0 Å². The lowest BCUT2D eigenvalue weighted by atomic mass is 9.86. The van der Waals surface area contributed by atoms with E-state index in [-0.39, 0.29) is 5.91 Å². The molecule has 2 rings (SSSR count). The summed E-state index contributed by atoms with van der Waals surface area (Å²) in [6.07, 6.45) is 3.15. The van der Waals surface area contributed by atoms with Gasteiger partial charge in [0.2, 0.25) is 5.91 Å². The van der Waals surface area contributed by atoms with E-state index in [1.54, 1.807) is 6.92 Å². The van der Waals surface area contributed by atoms with E-state index in [9.17, 15) is 4.79 Å². The number of benzene rings is 1. The molecule has 1 heterocycles. The molecule has 0 aliphatic carbocycles. The Morgan fingerprint density at radius 2 is 2.09 bits per heavy atom. The van der Waals surface area contributed by atoms with Crippen molar-refractivity contribution in [1.29, 1.82) is 0 Å². The van der Waals surface area contributed by atoms with Crippen LogP contribution in [0.2, 0.25) is 0 Å². The Morgan fingerprint density at radius 1 is 1.30 bits per heavy atom. The third-order valence-electron chi connectivity index (χ3n) is 4.09. The molecule has 4 heteroatoms. The van der Waals surface area contributed by atoms with E-state index in [0.29, 0.717) is 11.5 Å². The summed E-state index contributed by atoms with van der Waals surface area (Å²) in [6.45, 7) is 11.1. The van der Waals surface area contributed by atoms with E-state index in [1.807, 2.05) is 0 Å². The summed E-state index contributed by atoms with van der Waals surface area (Å²) in [6, 6.07) is 7.24. The molecule has 1 aromatic carbocycles. The second-order valence-corrected chi connectivity index (χ2v) is 7.72. The van der Waals surface area contributed by atoms with E-state index in [2.05, 4.69) is 54.9 Å². The standard InChI is InChI=1S/C19H31N3O/c1-14(23)20-9-5-10-21-18-8-11-22-17-7-6-15(12-16(17)18)13-19(2,3)4/h6-7,12,18,21-22H,5,8-11,13H2,1-4H3,(H,20,23). The highest BCUT2D eigenvalue weighted by molar-refractivity contribution is 5.72. The molecule has 0 radical (unpaired) electrons. The van der Waals surface area contributed by atoms with Gasteiger partial charge in [-0.3, -0.25) is 4.79 Å². The van der Waals surface area contributed by atoms with Gasteiger partial charge < -0.3 is 16.0 Å². The average Bonchev–Trinajstić information content (AvgIpc) is 2.45. The third-order valence-corrected chi connectivity index (χ3v) is 4.09. The topological polar surface area (TPSA) is 53.2 Å². The van der Waals surface area contributed by atoms with Gasteiger partial charge in [-0.25, -0.2) is 0 Å². The number of fused-ring (bicyclic) bond motifs is 1. The van der Waals surface area contributed by atoms with Gasteiger partial charge in [-0.2, -0.15) is 0 Å². The molecule has 3 N–H and O–H groups in total. The summed E-state index contributed by atoms with van der Waals surface area (Å²) in [4.78, 5) is 10.9. The predicted molar refractivity (Wildman–Crippen MR) is 96.8 cm³/mol. The fourth-order valence-corrected chi connectivity index (χ4v) is 3.13. The number of amides is 1. The highest BCUT2D eigenvalue weighted by Gasteiger charge is 2.21. The summed E-state index contributed by atoms with van der Waals surface area (Å²) in [5.74, 6) is 0.0454. The monoisotopic (exact) mass is 317 g/mol. The maximum absolute atomic E-state index is 10.9. The van der Waals surface area contributed by atoms with E-state index in [0.717, 1.165) is 38.9 Å². The highest BCUT2D eigenvalue weighted by Crippen LogP contribution is 2.32. The van der Waals surface area contributed by atoms with Crippen LogP contribution < -0.4 is 16.0 Å². The van der Waals surface area contributed by atoms with Crippen LogP contribution in [0, 0.1) is 5.41 Å².